The van der Waals surface area contributed by atoms with Gasteiger partial charge >= 0.3 is 7.41 Å². The molecule has 1 radical (unpaired) electrons. The maximum atomic E-state index is 12.0. The molecule has 0 saturated heterocycles. The number of amides is 1. The van der Waals surface area contributed by atoms with Gasteiger partial charge in [0.1, 0.15) is 12.4 Å². The average Bonchev–Trinajstić information content (AvgIpc) is 2.89. The summed E-state index contributed by atoms with van der Waals surface area (Å²) in [6.45, 7) is 0. The first-order valence-corrected chi connectivity index (χ1v) is 6.81. The first-order chi connectivity index (χ1) is 9.60. The van der Waals surface area contributed by atoms with Gasteiger partial charge in [-0.25, -0.2) is 0 Å². The summed E-state index contributed by atoms with van der Waals surface area (Å²) in [5, 5.41) is 5.53. The summed E-state index contributed by atoms with van der Waals surface area (Å²) in [5.74, 6) is -0.461. The second-order valence-corrected chi connectivity index (χ2v) is 5.22. The number of nitrogens with one attached hydrogen (secondary N) is 2. The summed E-state index contributed by atoms with van der Waals surface area (Å²) in [6.07, 6.45) is 1.72. The van der Waals surface area contributed by atoms with E-state index >= 15 is 0 Å². The van der Waals surface area contributed by atoms with Crippen LogP contribution >= 0.6 is 34.2 Å². The second kappa shape index (κ2) is 6.75. The van der Waals surface area contributed by atoms with Gasteiger partial charge in [0.25, 0.3) is 11.9 Å². The molecular weight excluding hydrogens is 395 g/mol. The van der Waals surface area contributed by atoms with E-state index in [2.05, 4.69) is 38.1 Å². The van der Waals surface area contributed by atoms with E-state index in [0.29, 0.717) is 16.9 Å². The van der Waals surface area contributed by atoms with Gasteiger partial charge in [-0.1, -0.05) is 11.6 Å². The maximum absolute atomic E-state index is 12.0. The summed E-state index contributed by atoms with van der Waals surface area (Å²) in [4.78, 5) is 26.0. The lowest BCUT2D eigenvalue weighted by Gasteiger charge is -2.05. The number of benzene rings is 1. The van der Waals surface area contributed by atoms with Gasteiger partial charge < -0.3 is 19.8 Å². The van der Waals surface area contributed by atoms with Gasteiger partial charge in [-0.05, 0) is 40.8 Å². The fourth-order valence-corrected chi connectivity index (χ4v) is 1.99. The minimum absolute atomic E-state index is 0.0518. The highest BCUT2D eigenvalue weighted by molar-refractivity contribution is 14.1. The number of carbonyl (C=O) groups excluding carboxylic acids is 2. The zero-order chi connectivity index (χ0) is 14.5. The van der Waals surface area contributed by atoms with Crippen LogP contribution < -0.4 is 10.5 Å². The van der Waals surface area contributed by atoms with Crippen molar-refractivity contribution >= 4 is 65.4 Å². The van der Waals surface area contributed by atoms with Crippen LogP contribution in [0.25, 0.3) is 0 Å². The number of nitrogens with zero attached hydrogens (tertiary/aromatic N) is 1. The molecule has 0 atom stereocenters. The van der Waals surface area contributed by atoms with E-state index in [1.165, 1.54) is 6.26 Å². The molecule has 0 bridgehead atoms. The predicted octanol–water partition coefficient (Wildman–Crippen LogP) is 2.41. The van der Waals surface area contributed by atoms with Gasteiger partial charge in [0.15, 0.2) is 5.69 Å². The van der Waals surface area contributed by atoms with Crippen molar-refractivity contribution in [3.05, 3.63) is 38.7 Å². The Bertz CT molecular complexity index is 650. The fraction of sp³-hybridized carbons (Fsp3) is 0. The van der Waals surface area contributed by atoms with Crippen molar-refractivity contribution in [3.8, 4) is 0 Å². The number of oxazole rings is 1. The largest absolute Gasteiger partial charge is 0.432 e. The summed E-state index contributed by atoms with van der Waals surface area (Å²) in [7, 11) is 1.10. The Kier molecular flexibility index (Phi) is 5.02. The van der Waals surface area contributed by atoms with E-state index in [1.807, 2.05) is 6.07 Å². The molecule has 1 aromatic heterocycles. The summed E-state index contributed by atoms with van der Waals surface area (Å²) < 4.78 is 5.91. The topological polar surface area (TPSA) is 84.2 Å². The zero-order valence-corrected chi connectivity index (χ0v) is 12.8. The Morgan fingerprint density at radius 2 is 2.30 bits per heavy atom. The van der Waals surface area contributed by atoms with Crippen LogP contribution in [-0.2, 0) is 4.79 Å². The van der Waals surface area contributed by atoms with E-state index in [4.69, 9.17) is 16.0 Å². The number of carbonyl (C=O) groups is 2. The second-order valence-electron chi connectivity index (χ2n) is 3.56. The monoisotopic (exact) mass is 402 g/mol. The maximum Gasteiger partial charge on any atom is 0.329 e. The molecule has 0 saturated carbocycles. The van der Waals surface area contributed by atoms with Crippen molar-refractivity contribution in [1.29, 1.82) is 0 Å². The molecule has 0 aliphatic carbocycles. The molecule has 0 unspecified atom stereocenters. The number of hydrogen-bond donors (Lipinski definition) is 2. The third-order valence-electron chi connectivity index (χ3n) is 2.19. The minimum Gasteiger partial charge on any atom is -0.432 e. The van der Waals surface area contributed by atoms with Crippen molar-refractivity contribution in [3.63, 3.8) is 0 Å². The molecule has 0 aliphatic heterocycles. The average molecular weight is 402 g/mol. The van der Waals surface area contributed by atoms with E-state index in [1.54, 1.807) is 12.1 Å². The summed E-state index contributed by atoms with van der Waals surface area (Å²) in [6, 6.07) is 5.30. The van der Waals surface area contributed by atoms with Crippen LogP contribution in [-0.4, -0.2) is 24.5 Å². The third kappa shape index (κ3) is 3.73. The highest BCUT2D eigenvalue weighted by Gasteiger charge is 2.14. The molecular formula is C11H7BClIN3O3. The number of hydrogen-bond acceptors (Lipinski definition) is 5. The quantitative estimate of drug-likeness (QED) is 0.456. The van der Waals surface area contributed by atoms with Gasteiger partial charge in [-0.3, -0.25) is 4.79 Å². The lowest BCUT2D eigenvalue weighted by Crippen LogP contribution is -2.13. The standard InChI is InChI=1S/C11H7BClIN3O3/c13-7-2-1-6(14)3-8(7)15-10(19)9-4-20-11(16-9)17-12-5-18/h1-5H,(H,15,19)(H,16,17). The number of halogens is 2. The number of rotatable bonds is 5. The Balaban J connectivity index is 2.09. The molecule has 1 amide bonds. The smallest absolute Gasteiger partial charge is 0.329 e. The molecule has 1 heterocycles. The molecule has 2 N–H and O–H groups in total. The van der Waals surface area contributed by atoms with Crippen molar-refractivity contribution in [2.45, 2.75) is 0 Å². The van der Waals surface area contributed by atoms with Crippen LogP contribution in [0.2, 0.25) is 5.02 Å². The van der Waals surface area contributed by atoms with Crippen LogP contribution in [0.1, 0.15) is 10.5 Å². The Labute approximate surface area is 133 Å². The lowest BCUT2D eigenvalue weighted by molar-refractivity contribution is 0.102. The molecule has 2 aromatic rings. The van der Waals surface area contributed by atoms with E-state index in [0.717, 1.165) is 11.0 Å². The molecule has 2 rings (SSSR count). The molecule has 0 spiro atoms. The van der Waals surface area contributed by atoms with Crippen LogP contribution in [0.4, 0.5) is 11.7 Å². The van der Waals surface area contributed by atoms with Gasteiger partial charge in [0.05, 0.1) is 10.7 Å². The van der Waals surface area contributed by atoms with Crippen LogP contribution in [0.3, 0.4) is 0 Å². The molecule has 9 heteroatoms. The van der Waals surface area contributed by atoms with Gasteiger partial charge in [0, 0.05) is 3.57 Å². The van der Waals surface area contributed by atoms with Crippen molar-refractivity contribution in [2.24, 2.45) is 0 Å². The van der Waals surface area contributed by atoms with E-state index < -0.39 is 5.91 Å². The highest BCUT2D eigenvalue weighted by atomic mass is 127. The number of aromatic nitrogens is 1. The van der Waals surface area contributed by atoms with E-state index in [9.17, 15) is 9.59 Å². The first-order valence-electron chi connectivity index (χ1n) is 5.35. The summed E-state index contributed by atoms with van der Waals surface area (Å²) in [5.41, 5.74) is 0.558. The Hall–Kier alpha value is -1.55. The lowest BCUT2D eigenvalue weighted by atomic mass is 10.0. The Morgan fingerprint density at radius 3 is 3.05 bits per heavy atom. The SMILES string of the molecule is O=C[B]Nc1nc(C(=O)Nc2cc(I)ccc2Cl)co1. The number of anilines is 2. The van der Waals surface area contributed by atoms with Crippen molar-refractivity contribution in [2.75, 3.05) is 10.5 Å². The van der Waals surface area contributed by atoms with Gasteiger partial charge in [-0.2, -0.15) is 4.98 Å². The molecule has 20 heavy (non-hydrogen) atoms. The molecule has 101 valence electrons. The molecule has 1 aromatic carbocycles. The van der Waals surface area contributed by atoms with Crippen LogP contribution in [0.15, 0.2) is 28.9 Å². The van der Waals surface area contributed by atoms with Gasteiger partial charge in [-0.15, -0.1) is 0 Å². The normalized spacial score (nSPS) is 9.90. The zero-order valence-electron chi connectivity index (χ0n) is 9.89. The first kappa shape index (κ1) is 14.9. The van der Waals surface area contributed by atoms with E-state index in [-0.39, 0.29) is 11.7 Å². The molecule has 0 aliphatic rings. The third-order valence-corrected chi connectivity index (χ3v) is 3.19. The van der Waals surface area contributed by atoms with Crippen molar-refractivity contribution < 1.29 is 14.0 Å². The Morgan fingerprint density at radius 1 is 1.50 bits per heavy atom. The van der Waals surface area contributed by atoms with Gasteiger partial charge in [0.2, 0.25) is 0 Å². The fourth-order valence-electron chi connectivity index (χ4n) is 1.33. The summed E-state index contributed by atoms with van der Waals surface area (Å²) >= 11 is 8.09. The highest BCUT2D eigenvalue weighted by Crippen LogP contribution is 2.24. The predicted molar refractivity (Wildman–Crippen MR) is 84.8 cm³/mol. The minimum atomic E-state index is -0.461. The van der Waals surface area contributed by atoms with Crippen LogP contribution in [0.5, 0.6) is 0 Å². The molecule has 0 fully saturated rings. The van der Waals surface area contributed by atoms with Crippen LogP contribution in [0, 0.1) is 3.57 Å². The molecule has 6 nitrogen and oxygen atoms in total. The van der Waals surface area contributed by atoms with Crippen molar-refractivity contribution in [1.82, 2.24) is 4.98 Å².